The molecule has 11 heteroatoms. The molecule has 1 amide bonds. The zero-order valence-electron chi connectivity index (χ0n) is 24.0. The van der Waals surface area contributed by atoms with Crippen LogP contribution in [0.3, 0.4) is 0 Å². The summed E-state index contributed by atoms with van der Waals surface area (Å²) in [7, 11) is 0. The molecule has 44 heavy (non-hydrogen) atoms. The molecule has 2 aliphatic rings. The molecule has 3 aromatic carbocycles. The molecule has 4 aromatic rings. The summed E-state index contributed by atoms with van der Waals surface area (Å²) in [5, 5.41) is 8.12. The number of nitrogens with one attached hydrogen (secondary N) is 1. The molecule has 6 rings (SSSR count). The highest BCUT2D eigenvalue weighted by Gasteiger charge is 2.37. The molecule has 1 aromatic heterocycles. The van der Waals surface area contributed by atoms with Gasteiger partial charge in [0.15, 0.2) is 6.23 Å². The van der Waals surface area contributed by atoms with E-state index < -0.39 is 17.9 Å². The summed E-state index contributed by atoms with van der Waals surface area (Å²) < 4.78 is 40.6. The molecular formula is C33H31ClF2N4O4. The van der Waals surface area contributed by atoms with Gasteiger partial charge in [-0.15, -0.1) is 0 Å². The first-order valence-electron chi connectivity index (χ1n) is 14.5. The van der Waals surface area contributed by atoms with E-state index in [0.29, 0.717) is 42.1 Å². The summed E-state index contributed by atoms with van der Waals surface area (Å²) in [4.78, 5) is 26.5. The highest BCUT2D eigenvalue weighted by molar-refractivity contribution is 6.30. The molecule has 1 saturated carbocycles. The third-order valence-electron chi connectivity index (χ3n) is 7.99. The first-order chi connectivity index (χ1) is 21.3. The molecule has 2 heterocycles. The Balaban J connectivity index is 1.17. The number of hydrogen-bond acceptors (Lipinski definition) is 6. The van der Waals surface area contributed by atoms with Crippen molar-refractivity contribution < 1.29 is 27.8 Å². The molecule has 1 aliphatic heterocycles. The zero-order chi connectivity index (χ0) is 30.8. The van der Waals surface area contributed by atoms with E-state index in [1.165, 1.54) is 28.9 Å². The lowest BCUT2D eigenvalue weighted by atomic mass is 9.80. The molecule has 2 fully saturated rings. The fourth-order valence-electron chi connectivity index (χ4n) is 5.55. The number of carbonyl (C=O) groups is 2. The predicted octanol–water partition coefficient (Wildman–Crippen LogP) is 6.32. The van der Waals surface area contributed by atoms with Crippen molar-refractivity contribution in [3.05, 3.63) is 101 Å². The summed E-state index contributed by atoms with van der Waals surface area (Å²) in [6.45, 7) is 2.51. The van der Waals surface area contributed by atoms with Gasteiger partial charge in [0.2, 0.25) is 0 Å². The molecule has 0 radical (unpaired) electrons. The van der Waals surface area contributed by atoms with Gasteiger partial charge < -0.3 is 19.7 Å². The third kappa shape index (κ3) is 6.32. The second-order valence-corrected chi connectivity index (χ2v) is 11.3. The van der Waals surface area contributed by atoms with E-state index >= 15 is 0 Å². The second-order valence-electron chi connectivity index (χ2n) is 10.9. The van der Waals surface area contributed by atoms with Gasteiger partial charge in [0.1, 0.15) is 23.9 Å². The molecule has 1 saturated heterocycles. The van der Waals surface area contributed by atoms with E-state index in [4.69, 9.17) is 21.1 Å². The van der Waals surface area contributed by atoms with Crippen molar-refractivity contribution in [3.63, 3.8) is 0 Å². The first-order valence-corrected chi connectivity index (χ1v) is 14.9. The number of aromatic nitrogens is 2. The van der Waals surface area contributed by atoms with Crippen LogP contribution in [0.1, 0.15) is 37.1 Å². The molecule has 1 atom stereocenters. The Morgan fingerprint density at radius 3 is 2.55 bits per heavy atom. The number of nitrogens with zero attached hydrogens (tertiary/aromatic N) is 3. The highest BCUT2D eigenvalue weighted by atomic mass is 35.5. The average Bonchev–Trinajstić information content (AvgIpc) is 3.59. The van der Waals surface area contributed by atoms with Crippen LogP contribution >= 0.6 is 11.6 Å². The molecule has 1 aliphatic carbocycles. The van der Waals surface area contributed by atoms with Crippen molar-refractivity contribution in [2.24, 2.45) is 5.92 Å². The molecule has 0 spiro atoms. The van der Waals surface area contributed by atoms with Crippen molar-refractivity contribution in [1.29, 1.82) is 0 Å². The van der Waals surface area contributed by atoms with Crippen LogP contribution in [0.4, 0.5) is 14.5 Å². The van der Waals surface area contributed by atoms with Gasteiger partial charge in [-0.25, -0.2) is 13.5 Å². The normalized spacial score (nSPS) is 19.6. The van der Waals surface area contributed by atoms with E-state index in [-0.39, 0.29) is 35.5 Å². The molecule has 228 valence electrons. The molecule has 8 nitrogen and oxygen atoms in total. The average molecular weight is 621 g/mol. The minimum absolute atomic E-state index is 0.00900. The van der Waals surface area contributed by atoms with E-state index in [1.807, 2.05) is 31.2 Å². The first kappa shape index (κ1) is 29.8. The Bertz CT molecular complexity index is 1660. The van der Waals surface area contributed by atoms with Gasteiger partial charge in [0.25, 0.3) is 5.91 Å². The molecule has 0 bridgehead atoms. The van der Waals surface area contributed by atoms with Gasteiger partial charge in [-0.3, -0.25) is 9.59 Å². The number of hydrogen-bond donors (Lipinski definition) is 1. The fraction of sp³-hybridized carbons (Fsp3) is 0.303. The minimum atomic E-state index is -0.736. The van der Waals surface area contributed by atoms with Crippen molar-refractivity contribution in [1.82, 2.24) is 14.7 Å². The van der Waals surface area contributed by atoms with Gasteiger partial charge in [0.05, 0.1) is 23.2 Å². The van der Waals surface area contributed by atoms with Crippen LogP contribution in [0, 0.1) is 17.6 Å². The monoisotopic (exact) mass is 620 g/mol. The van der Waals surface area contributed by atoms with Gasteiger partial charge in [-0.1, -0.05) is 23.7 Å². The maximum absolute atomic E-state index is 14.3. The standard InChI is InChI=1S/C33H31ClF2N4O4/c1-2-43-33(42)22-15-25(16-22)37-24-9-3-20(4-10-24)13-14-39-30(41)19-44-32(39)27-18-40(26-11-12-28(34)29(36)17-26)38-31(27)21-5-7-23(35)8-6-21/h3-12,17-18,22,25,32,37H,2,13-16,19H2,1H3. The number of ether oxygens (including phenoxy) is 2. The minimum Gasteiger partial charge on any atom is -0.466 e. The topological polar surface area (TPSA) is 85.7 Å². The van der Waals surface area contributed by atoms with Crippen LogP contribution < -0.4 is 5.32 Å². The summed E-state index contributed by atoms with van der Waals surface area (Å²) in [5.41, 5.74) is 4.15. The number of esters is 1. The van der Waals surface area contributed by atoms with Gasteiger partial charge in [-0.2, -0.15) is 5.10 Å². The van der Waals surface area contributed by atoms with Crippen LogP contribution in [0.2, 0.25) is 5.02 Å². The van der Waals surface area contributed by atoms with Crippen LogP contribution in [0.25, 0.3) is 16.9 Å². The van der Waals surface area contributed by atoms with Crippen molar-refractivity contribution in [2.45, 2.75) is 38.5 Å². The number of anilines is 1. The van der Waals surface area contributed by atoms with Gasteiger partial charge in [0, 0.05) is 41.7 Å². The second kappa shape index (κ2) is 12.8. The van der Waals surface area contributed by atoms with E-state index in [0.717, 1.165) is 24.1 Å². The highest BCUT2D eigenvalue weighted by Crippen LogP contribution is 2.36. The van der Waals surface area contributed by atoms with Gasteiger partial charge in [-0.05, 0) is 80.3 Å². The number of halogens is 3. The maximum atomic E-state index is 14.3. The fourth-order valence-corrected chi connectivity index (χ4v) is 5.67. The maximum Gasteiger partial charge on any atom is 0.309 e. The molecule has 1 N–H and O–H groups in total. The lowest BCUT2D eigenvalue weighted by molar-refractivity contribution is -0.151. The van der Waals surface area contributed by atoms with E-state index in [1.54, 1.807) is 29.3 Å². The molecular weight excluding hydrogens is 590 g/mol. The SMILES string of the molecule is CCOC(=O)C1CC(Nc2ccc(CCN3C(=O)COC3c3cn(-c4ccc(Cl)c(F)c4)nc3-c3ccc(F)cc3)cc2)C1. The lowest BCUT2D eigenvalue weighted by Crippen LogP contribution is -2.40. The quantitative estimate of drug-likeness (QED) is 0.209. The van der Waals surface area contributed by atoms with Crippen molar-refractivity contribution in [3.8, 4) is 16.9 Å². The van der Waals surface area contributed by atoms with E-state index in [9.17, 15) is 18.4 Å². The van der Waals surface area contributed by atoms with E-state index in [2.05, 4.69) is 10.4 Å². The number of benzene rings is 3. The third-order valence-corrected chi connectivity index (χ3v) is 8.29. The van der Waals surface area contributed by atoms with Crippen LogP contribution in [0.15, 0.2) is 72.9 Å². The predicted molar refractivity (Wildman–Crippen MR) is 161 cm³/mol. The van der Waals surface area contributed by atoms with Crippen molar-refractivity contribution >= 4 is 29.2 Å². The lowest BCUT2D eigenvalue weighted by Gasteiger charge is -2.34. The summed E-state index contributed by atoms with van der Waals surface area (Å²) >= 11 is 5.88. The molecule has 1 unspecified atom stereocenters. The number of amides is 1. The summed E-state index contributed by atoms with van der Waals surface area (Å²) in [5.74, 6) is -1.31. The Labute approximate surface area is 258 Å². The van der Waals surface area contributed by atoms with Crippen LogP contribution in [0.5, 0.6) is 0 Å². The smallest absolute Gasteiger partial charge is 0.309 e. The Morgan fingerprint density at radius 2 is 1.84 bits per heavy atom. The Morgan fingerprint density at radius 1 is 1.09 bits per heavy atom. The number of rotatable bonds is 10. The van der Waals surface area contributed by atoms with Crippen LogP contribution in [-0.4, -0.2) is 52.4 Å². The van der Waals surface area contributed by atoms with Crippen LogP contribution in [-0.2, 0) is 25.5 Å². The Kier molecular flexibility index (Phi) is 8.63. The number of carbonyl (C=O) groups excluding carboxylic acids is 2. The van der Waals surface area contributed by atoms with Crippen molar-refractivity contribution in [2.75, 3.05) is 25.1 Å². The van der Waals surface area contributed by atoms with Gasteiger partial charge >= 0.3 is 5.97 Å². The Hall–Kier alpha value is -4.28. The summed E-state index contributed by atoms with van der Waals surface area (Å²) in [6, 6.07) is 18.5. The zero-order valence-corrected chi connectivity index (χ0v) is 24.8. The largest absolute Gasteiger partial charge is 0.466 e. The summed E-state index contributed by atoms with van der Waals surface area (Å²) in [6.07, 6.45) is 3.05.